The van der Waals surface area contributed by atoms with E-state index in [1.54, 1.807) is 6.07 Å². The Balaban J connectivity index is 2.12. The van der Waals surface area contributed by atoms with E-state index >= 15 is 0 Å². The summed E-state index contributed by atoms with van der Waals surface area (Å²) >= 11 is 0. The summed E-state index contributed by atoms with van der Waals surface area (Å²) in [6.45, 7) is -0.214. The lowest BCUT2D eigenvalue weighted by molar-refractivity contribution is -0.384. The van der Waals surface area contributed by atoms with E-state index < -0.39 is 27.7 Å². The van der Waals surface area contributed by atoms with Crippen molar-refractivity contribution in [2.75, 3.05) is 0 Å². The molecule has 0 atom stereocenters. The Labute approximate surface area is 150 Å². The van der Waals surface area contributed by atoms with Crippen LogP contribution in [0.25, 0.3) is 5.69 Å². The molecule has 9 nitrogen and oxygen atoms in total. The highest BCUT2D eigenvalue weighted by atomic mass is 19.1. The number of halogens is 1. The Morgan fingerprint density at radius 2 is 1.74 bits per heavy atom. The Hall–Kier alpha value is -4.13. The van der Waals surface area contributed by atoms with Gasteiger partial charge in [0.15, 0.2) is 0 Å². The molecule has 0 radical (unpaired) electrons. The third-order valence-corrected chi connectivity index (χ3v) is 3.72. The van der Waals surface area contributed by atoms with Gasteiger partial charge in [0.1, 0.15) is 11.9 Å². The van der Waals surface area contributed by atoms with E-state index in [0.29, 0.717) is 5.56 Å². The molecule has 0 amide bonds. The summed E-state index contributed by atoms with van der Waals surface area (Å²) in [6, 6.07) is 11.7. The maximum absolute atomic E-state index is 13.1. The fraction of sp³-hybridized carbons (Fsp3) is 0.0588. The zero-order chi connectivity index (χ0) is 19.6. The van der Waals surface area contributed by atoms with Gasteiger partial charge < -0.3 is 0 Å². The molecule has 0 N–H and O–H groups in total. The van der Waals surface area contributed by atoms with Crippen LogP contribution < -0.4 is 11.2 Å². The van der Waals surface area contributed by atoms with Gasteiger partial charge in [-0.05, 0) is 29.8 Å². The predicted octanol–water partition coefficient (Wildman–Crippen LogP) is 1.36. The largest absolute Gasteiger partial charge is 0.352 e. The number of aromatic nitrogens is 3. The predicted molar refractivity (Wildman–Crippen MR) is 91.0 cm³/mol. The van der Waals surface area contributed by atoms with Gasteiger partial charge in [-0.15, -0.1) is 5.10 Å². The highest BCUT2D eigenvalue weighted by Gasteiger charge is 2.15. The van der Waals surface area contributed by atoms with Gasteiger partial charge in [-0.25, -0.2) is 9.18 Å². The van der Waals surface area contributed by atoms with Crippen molar-refractivity contribution in [3.8, 4) is 11.8 Å². The van der Waals surface area contributed by atoms with Crippen LogP contribution in [0.3, 0.4) is 0 Å². The molecule has 0 saturated carbocycles. The molecule has 10 heteroatoms. The highest BCUT2D eigenvalue weighted by Crippen LogP contribution is 2.12. The molecule has 1 aromatic heterocycles. The molecular weight excluding hydrogens is 357 g/mol. The first-order chi connectivity index (χ1) is 12.9. The minimum absolute atomic E-state index is 0.137. The Bertz CT molecular complexity index is 1170. The fourth-order valence-electron chi connectivity index (χ4n) is 2.38. The lowest BCUT2D eigenvalue weighted by Crippen LogP contribution is -2.42. The third-order valence-electron chi connectivity index (χ3n) is 3.72. The van der Waals surface area contributed by atoms with Crippen molar-refractivity contribution in [3.63, 3.8) is 0 Å². The van der Waals surface area contributed by atoms with Crippen molar-refractivity contribution in [2.24, 2.45) is 0 Å². The quantitative estimate of drug-likeness (QED) is 0.507. The van der Waals surface area contributed by atoms with Crippen LogP contribution in [-0.2, 0) is 6.54 Å². The molecule has 3 rings (SSSR count). The number of hydrogen-bond donors (Lipinski definition) is 0. The van der Waals surface area contributed by atoms with Crippen LogP contribution in [0.1, 0.15) is 11.3 Å². The Kier molecular flexibility index (Phi) is 4.59. The van der Waals surface area contributed by atoms with Gasteiger partial charge in [0, 0.05) is 12.1 Å². The van der Waals surface area contributed by atoms with Gasteiger partial charge in [-0.1, -0.05) is 12.1 Å². The first-order valence-electron chi connectivity index (χ1n) is 7.54. The van der Waals surface area contributed by atoms with Crippen molar-refractivity contribution in [1.29, 1.82) is 5.26 Å². The average molecular weight is 367 g/mol. The summed E-state index contributed by atoms with van der Waals surface area (Å²) in [5.41, 5.74) is -1.75. The minimum atomic E-state index is -0.890. The number of rotatable bonds is 4. The molecule has 0 bridgehead atoms. The maximum atomic E-state index is 13.1. The van der Waals surface area contributed by atoms with Crippen molar-refractivity contribution in [3.05, 3.63) is 96.6 Å². The van der Waals surface area contributed by atoms with E-state index in [1.807, 2.05) is 0 Å². The Morgan fingerprint density at radius 3 is 2.30 bits per heavy atom. The first-order valence-corrected chi connectivity index (χ1v) is 7.54. The van der Waals surface area contributed by atoms with Crippen molar-refractivity contribution in [2.45, 2.75) is 6.54 Å². The number of nitro groups is 1. The lowest BCUT2D eigenvalue weighted by Gasteiger charge is -2.10. The third kappa shape index (κ3) is 3.47. The molecule has 0 saturated heterocycles. The molecule has 134 valence electrons. The molecule has 0 spiro atoms. The smallest absolute Gasteiger partial charge is 0.266 e. The van der Waals surface area contributed by atoms with Gasteiger partial charge in [0.25, 0.3) is 11.2 Å². The molecule has 1 heterocycles. The molecule has 0 aliphatic heterocycles. The van der Waals surface area contributed by atoms with Crippen LogP contribution in [0, 0.1) is 27.3 Å². The maximum Gasteiger partial charge on any atom is 0.352 e. The first kappa shape index (κ1) is 17.7. The van der Waals surface area contributed by atoms with Crippen molar-refractivity contribution in [1.82, 2.24) is 14.3 Å². The second-order valence-corrected chi connectivity index (χ2v) is 5.45. The van der Waals surface area contributed by atoms with Gasteiger partial charge in [0.05, 0.1) is 17.2 Å². The number of nitro benzene ring substituents is 1. The molecule has 3 aromatic rings. The summed E-state index contributed by atoms with van der Waals surface area (Å²) in [5, 5.41) is 23.6. The normalized spacial score (nSPS) is 10.4. The number of nitriles is 1. The number of benzene rings is 2. The molecule has 0 fully saturated rings. The van der Waals surface area contributed by atoms with Crippen molar-refractivity contribution >= 4 is 5.69 Å². The molecular formula is C17H10FN5O4. The topological polar surface area (TPSA) is 124 Å². The summed E-state index contributed by atoms with van der Waals surface area (Å²) in [7, 11) is 0. The standard InChI is InChI=1S/C17H10FN5O4/c18-12-3-7-13(8-4-12)22-17(25)21(16(24)15(9-19)20-22)10-11-1-5-14(6-2-11)23(26)27/h1-8H,10H2. The molecule has 27 heavy (non-hydrogen) atoms. The van der Waals surface area contributed by atoms with E-state index in [0.717, 1.165) is 21.4 Å². The van der Waals surface area contributed by atoms with Gasteiger partial charge in [-0.2, -0.15) is 9.94 Å². The van der Waals surface area contributed by atoms with Crippen LogP contribution >= 0.6 is 0 Å². The molecule has 0 aliphatic carbocycles. The van der Waals surface area contributed by atoms with Crippen LogP contribution in [0.15, 0.2) is 58.1 Å². The van der Waals surface area contributed by atoms with Gasteiger partial charge in [0.2, 0.25) is 5.69 Å². The Morgan fingerprint density at radius 1 is 1.11 bits per heavy atom. The van der Waals surface area contributed by atoms with E-state index in [-0.39, 0.29) is 17.9 Å². The molecule has 0 unspecified atom stereocenters. The van der Waals surface area contributed by atoms with Gasteiger partial charge >= 0.3 is 5.69 Å². The van der Waals surface area contributed by atoms with E-state index in [1.165, 1.54) is 36.4 Å². The number of hydrogen-bond acceptors (Lipinski definition) is 6. The SMILES string of the molecule is N#Cc1nn(-c2ccc(F)cc2)c(=O)n(Cc2ccc([N+](=O)[O-])cc2)c1=O. The van der Waals surface area contributed by atoms with E-state index in [4.69, 9.17) is 5.26 Å². The molecule has 2 aromatic carbocycles. The lowest BCUT2D eigenvalue weighted by atomic mass is 10.2. The highest BCUT2D eigenvalue weighted by molar-refractivity contribution is 5.34. The zero-order valence-electron chi connectivity index (χ0n) is 13.6. The van der Waals surface area contributed by atoms with Crippen LogP contribution in [0.4, 0.5) is 10.1 Å². The van der Waals surface area contributed by atoms with Crippen LogP contribution in [0.2, 0.25) is 0 Å². The van der Waals surface area contributed by atoms with Crippen LogP contribution in [-0.4, -0.2) is 19.3 Å². The minimum Gasteiger partial charge on any atom is -0.266 e. The number of nitrogens with zero attached hydrogens (tertiary/aromatic N) is 5. The van der Waals surface area contributed by atoms with Crippen LogP contribution in [0.5, 0.6) is 0 Å². The van der Waals surface area contributed by atoms with E-state index in [2.05, 4.69) is 5.10 Å². The number of non-ortho nitro benzene ring substituents is 1. The monoisotopic (exact) mass is 367 g/mol. The van der Waals surface area contributed by atoms with Crippen molar-refractivity contribution < 1.29 is 9.31 Å². The molecule has 0 aliphatic rings. The summed E-state index contributed by atoms with van der Waals surface area (Å²) in [4.78, 5) is 35.2. The fourth-order valence-corrected chi connectivity index (χ4v) is 2.38. The summed E-state index contributed by atoms with van der Waals surface area (Å²) in [6.07, 6.45) is 0. The van der Waals surface area contributed by atoms with E-state index in [9.17, 15) is 24.1 Å². The van der Waals surface area contributed by atoms with Gasteiger partial charge in [-0.3, -0.25) is 19.5 Å². The summed E-state index contributed by atoms with van der Waals surface area (Å²) in [5.74, 6) is -0.522. The second kappa shape index (κ2) is 7.01. The zero-order valence-corrected chi connectivity index (χ0v) is 13.6. The average Bonchev–Trinajstić information content (AvgIpc) is 2.66. The summed E-state index contributed by atoms with van der Waals surface area (Å²) < 4.78 is 14.7. The second-order valence-electron chi connectivity index (χ2n) is 5.45.